The Bertz CT molecular complexity index is 545. The molecule has 0 N–H and O–H groups in total. The van der Waals surface area contributed by atoms with Gasteiger partial charge in [-0.25, -0.2) is 4.39 Å². The summed E-state index contributed by atoms with van der Waals surface area (Å²) >= 11 is 5.56. The van der Waals surface area contributed by atoms with Crippen molar-refractivity contribution in [2.24, 2.45) is 0 Å². The summed E-state index contributed by atoms with van der Waals surface area (Å²) in [7, 11) is 0. The van der Waals surface area contributed by atoms with Crippen molar-refractivity contribution in [1.29, 1.82) is 0 Å². The van der Waals surface area contributed by atoms with Gasteiger partial charge in [-0.05, 0) is 69.6 Å². The number of halogens is 3. The fourth-order valence-electron chi connectivity index (χ4n) is 1.89. The molecule has 1 saturated carbocycles. The lowest BCUT2D eigenvalue weighted by molar-refractivity contribution is 0.622. The van der Waals surface area contributed by atoms with Crippen LogP contribution in [0.3, 0.4) is 0 Å². The molecule has 1 aliphatic carbocycles. The molecule has 0 atom stereocenters. The van der Waals surface area contributed by atoms with Crippen LogP contribution < -0.4 is 0 Å². The quantitative estimate of drug-likeness (QED) is 0.643. The summed E-state index contributed by atoms with van der Waals surface area (Å²) < 4.78 is 17.4. The third-order valence-electron chi connectivity index (χ3n) is 2.75. The molecule has 0 spiro atoms. The molecule has 0 saturated heterocycles. The summed E-state index contributed by atoms with van der Waals surface area (Å²) in [5, 5.41) is 0.993. The first-order valence-corrected chi connectivity index (χ1v) is 6.69. The van der Waals surface area contributed by atoms with Gasteiger partial charge in [0.05, 0.1) is 13.7 Å². The fourth-order valence-corrected chi connectivity index (χ4v) is 3.21. The number of benzene rings is 1. The van der Waals surface area contributed by atoms with Crippen molar-refractivity contribution in [2.45, 2.75) is 18.9 Å². The molecule has 1 fully saturated rings. The SMILES string of the molecule is Fc1cc2cc(I)n(C3CC3)c2cc1Br. The van der Waals surface area contributed by atoms with Crippen molar-refractivity contribution in [1.82, 2.24) is 4.57 Å². The van der Waals surface area contributed by atoms with Crippen LogP contribution >= 0.6 is 38.5 Å². The molecular weight excluding hydrogens is 372 g/mol. The normalized spacial score (nSPS) is 16.2. The number of hydrogen-bond donors (Lipinski definition) is 0. The van der Waals surface area contributed by atoms with Gasteiger partial charge in [0.15, 0.2) is 0 Å². The van der Waals surface area contributed by atoms with Gasteiger partial charge in [0.2, 0.25) is 0 Å². The van der Waals surface area contributed by atoms with Crippen molar-refractivity contribution in [3.63, 3.8) is 0 Å². The molecule has 78 valence electrons. The second-order valence-corrected chi connectivity index (χ2v) is 5.85. The molecular formula is C11H8BrFIN. The van der Waals surface area contributed by atoms with E-state index < -0.39 is 0 Å². The molecule has 1 aromatic heterocycles. The molecule has 1 heterocycles. The highest BCUT2D eigenvalue weighted by Crippen LogP contribution is 2.40. The minimum atomic E-state index is -0.188. The predicted octanol–water partition coefficient (Wildman–Crippen LogP) is 4.48. The molecule has 1 aromatic carbocycles. The summed E-state index contributed by atoms with van der Waals surface area (Å²) in [6, 6.07) is 6.15. The lowest BCUT2D eigenvalue weighted by Gasteiger charge is -2.05. The van der Waals surface area contributed by atoms with Gasteiger partial charge in [0, 0.05) is 11.4 Å². The molecule has 4 heteroatoms. The van der Waals surface area contributed by atoms with Gasteiger partial charge in [-0.1, -0.05) is 0 Å². The van der Waals surface area contributed by atoms with Crippen molar-refractivity contribution in [3.05, 3.63) is 32.2 Å². The zero-order valence-corrected chi connectivity index (χ0v) is 11.5. The molecule has 2 aromatic rings. The van der Waals surface area contributed by atoms with E-state index in [1.165, 1.54) is 16.5 Å². The van der Waals surface area contributed by atoms with Crippen molar-refractivity contribution >= 4 is 49.4 Å². The minimum Gasteiger partial charge on any atom is -0.333 e. The second kappa shape index (κ2) is 3.45. The van der Waals surface area contributed by atoms with E-state index in [1.807, 2.05) is 12.1 Å². The number of fused-ring (bicyclic) bond motifs is 1. The minimum absolute atomic E-state index is 0.188. The zero-order valence-electron chi connectivity index (χ0n) is 7.80. The Morgan fingerprint density at radius 1 is 1.33 bits per heavy atom. The lowest BCUT2D eigenvalue weighted by atomic mass is 10.2. The van der Waals surface area contributed by atoms with E-state index >= 15 is 0 Å². The molecule has 0 bridgehead atoms. The van der Waals surface area contributed by atoms with Crippen molar-refractivity contribution < 1.29 is 4.39 Å². The maximum atomic E-state index is 13.3. The number of rotatable bonds is 1. The van der Waals surface area contributed by atoms with Crippen LogP contribution in [0.25, 0.3) is 10.9 Å². The molecule has 0 radical (unpaired) electrons. The van der Waals surface area contributed by atoms with Crippen LogP contribution in [0.5, 0.6) is 0 Å². The van der Waals surface area contributed by atoms with Crippen molar-refractivity contribution in [2.75, 3.05) is 0 Å². The van der Waals surface area contributed by atoms with E-state index in [0.29, 0.717) is 10.5 Å². The number of aromatic nitrogens is 1. The van der Waals surface area contributed by atoms with E-state index in [2.05, 4.69) is 43.1 Å². The molecule has 1 nitrogen and oxygen atoms in total. The predicted molar refractivity (Wildman–Crippen MR) is 70.6 cm³/mol. The highest BCUT2D eigenvalue weighted by molar-refractivity contribution is 14.1. The Balaban J connectivity index is 2.34. The van der Waals surface area contributed by atoms with Gasteiger partial charge < -0.3 is 4.57 Å². The molecule has 0 amide bonds. The number of hydrogen-bond acceptors (Lipinski definition) is 0. The Kier molecular flexibility index (Phi) is 2.32. The largest absolute Gasteiger partial charge is 0.333 e. The smallest absolute Gasteiger partial charge is 0.138 e. The Morgan fingerprint density at radius 3 is 2.73 bits per heavy atom. The first kappa shape index (κ1) is 10.1. The standard InChI is InChI=1S/C11H8BrFIN/c12-8-5-10-6(3-9(8)13)4-11(14)15(10)7-1-2-7/h3-5,7H,1-2H2. The van der Waals surface area contributed by atoms with Crippen LogP contribution in [-0.2, 0) is 0 Å². The molecule has 0 aliphatic heterocycles. The molecule has 0 unspecified atom stereocenters. The van der Waals surface area contributed by atoms with Gasteiger partial charge in [0.1, 0.15) is 5.82 Å². The van der Waals surface area contributed by atoms with Crippen LogP contribution in [0.2, 0.25) is 0 Å². The topological polar surface area (TPSA) is 4.93 Å². The third-order valence-corrected chi connectivity index (χ3v) is 4.18. The van der Waals surface area contributed by atoms with Crippen LogP contribution in [0, 0.1) is 9.52 Å². The molecule has 1 aliphatic rings. The average molecular weight is 380 g/mol. The first-order chi connectivity index (χ1) is 7.16. The average Bonchev–Trinajstić information content (AvgIpc) is 2.93. The summed E-state index contributed by atoms with van der Waals surface area (Å²) in [4.78, 5) is 0. The van der Waals surface area contributed by atoms with E-state index in [-0.39, 0.29) is 5.82 Å². The summed E-state index contributed by atoms with van der Waals surface area (Å²) in [5.41, 5.74) is 1.13. The Hall–Kier alpha value is -0.100. The molecule has 3 rings (SSSR count). The fraction of sp³-hybridized carbons (Fsp3) is 0.273. The maximum absolute atomic E-state index is 13.3. The van der Waals surface area contributed by atoms with Crippen molar-refractivity contribution in [3.8, 4) is 0 Å². The highest BCUT2D eigenvalue weighted by atomic mass is 127. The van der Waals surface area contributed by atoms with E-state index in [9.17, 15) is 4.39 Å². The molecule has 15 heavy (non-hydrogen) atoms. The van der Waals surface area contributed by atoms with Gasteiger partial charge in [-0.3, -0.25) is 0 Å². The number of nitrogens with zero attached hydrogens (tertiary/aromatic N) is 1. The lowest BCUT2D eigenvalue weighted by Crippen LogP contribution is -1.95. The third kappa shape index (κ3) is 1.62. The van der Waals surface area contributed by atoms with Gasteiger partial charge >= 0.3 is 0 Å². The van der Waals surface area contributed by atoms with Crippen LogP contribution in [0.15, 0.2) is 22.7 Å². The summed E-state index contributed by atoms with van der Waals surface area (Å²) in [5.74, 6) is -0.188. The van der Waals surface area contributed by atoms with Gasteiger partial charge in [-0.15, -0.1) is 0 Å². The Labute approximate surface area is 109 Å². The van der Waals surface area contributed by atoms with E-state index in [0.717, 1.165) is 10.9 Å². The van der Waals surface area contributed by atoms with Crippen LogP contribution in [0.1, 0.15) is 18.9 Å². The summed E-state index contributed by atoms with van der Waals surface area (Å²) in [6.07, 6.45) is 2.49. The van der Waals surface area contributed by atoms with Gasteiger partial charge in [-0.2, -0.15) is 0 Å². The second-order valence-electron chi connectivity index (χ2n) is 3.89. The zero-order chi connectivity index (χ0) is 10.6. The maximum Gasteiger partial charge on any atom is 0.138 e. The van der Waals surface area contributed by atoms with Gasteiger partial charge in [0.25, 0.3) is 0 Å². The Morgan fingerprint density at radius 2 is 2.07 bits per heavy atom. The monoisotopic (exact) mass is 379 g/mol. The van der Waals surface area contributed by atoms with Crippen LogP contribution in [0.4, 0.5) is 4.39 Å². The van der Waals surface area contributed by atoms with Crippen LogP contribution in [-0.4, -0.2) is 4.57 Å². The van der Waals surface area contributed by atoms with E-state index in [4.69, 9.17) is 0 Å². The van der Waals surface area contributed by atoms with E-state index in [1.54, 1.807) is 6.07 Å². The first-order valence-electron chi connectivity index (χ1n) is 4.82. The highest BCUT2D eigenvalue weighted by Gasteiger charge is 2.26. The summed E-state index contributed by atoms with van der Waals surface area (Å²) in [6.45, 7) is 0.